The van der Waals surface area contributed by atoms with E-state index in [4.69, 9.17) is 5.73 Å². The van der Waals surface area contributed by atoms with Gasteiger partial charge in [0.2, 0.25) is 0 Å². The SMILES string of the molecule is NC(CCSCc1ccccn1)=NNCc1ccccn1. The summed E-state index contributed by atoms with van der Waals surface area (Å²) in [6.07, 6.45) is 4.33. The molecule has 0 saturated carbocycles. The van der Waals surface area contributed by atoms with E-state index in [1.165, 1.54) is 0 Å². The molecule has 0 aliphatic heterocycles. The number of aromatic nitrogens is 2. The highest BCUT2D eigenvalue weighted by Gasteiger charge is 1.97. The average Bonchev–Trinajstić information content (AvgIpc) is 2.54. The van der Waals surface area contributed by atoms with Gasteiger partial charge in [0.05, 0.1) is 17.9 Å². The zero-order valence-electron chi connectivity index (χ0n) is 11.8. The fourth-order valence-electron chi connectivity index (χ4n) is 1.62. The van der Waals surface area contributed by atoms with Crippen LogP contribution in [0.3, 0.4) is 0 Å². The molecule has 0 spiro atoms. The second kappa shape index (κ2) is 8.97. The Hall–Kier alpha value is -2.08. The largest absolute Gasteiger partial charge is 0.386 e. The van der Waals surface area contributed by atoms with Crippen LogP contribution in [0.4, 0.5) is 0 Å². The third-order valence-corrected chi connectivity index (χ3v) is 3.68. The Bertz CT molecular complexity index is 545. The van der Waals surface area contributed by atoms with Crippen molar-refractivity contribution in [2.75, 3.05) is 5.75 Å². The van der Waals surface area contributed by atoms with Crippen LogP contribution >= 0.6 is 11.8 Å². The van der Waals surface area contributed by atoms with Gasteiger partial charge < -0.3 is 11.2 Å². The van der Waals surface area contributed by atoms with Crippen LogP contribution in [0.2, 0.25) is 0 Å². The van der Waals surface area contributed by atoms with Crippen molar-refractivity contribution in [3.63, 3.8) is 0 Å². The standard InChI is InChI=1S/C15H19N5S/c16-15(20-19-11-13-5-1-3-8-17-13)7-10-21-12-14-6-2-4-9-18-14/h1-6,8-9,19H,7,10-12H2,(H2,16,20). The molecular formula is C15H19N5S. The van der Waals surface area contributed by atoms with Crippen LogP contribution < -0.4 is 11.2 Å². The lowest BCUT2D eigenvalue weighted by atomic mass is 10.4. The predicted octanol–water partition coefficient (Wildman–Crippen LogP) is 2.16. The monoisotopic (exact) mass is 301 g/mol. The third kappa shape index (κ3) is 6.27. The summed E-state index contributed by atoms with van der Waals surface area (Å²) in [7, 11) is 0. The van der Waals surface area contributed by atoms with Crippen molar-refractivity contribution in [1.29, 1.82) is 0 Å². The van der Waals surface area contributed by atoms with Crippen LogP contribution in [0.15, 0.2) is 53.9 Å². The van der Waals surface area contributed by atoms with E-state index in [-0.39, 0.29) is 0 Å². The smallest absolute Gasteiger partial charge is 0.120 e. The number of hydrogen-bond donors (Lipinski definition) is 2. The molecule has 0 atom stereocenters. The second-order valence-corrected chi connectivity index (χ2v) is 5.49. The molecule has 0 aromatic carbocycles. The number of hydrazone groups is 1. The molecule has 0 radical (unpaired) electrons. The number of nitrogens with one attached hydrogen (secondary N) is 1. The fourth-order valence-corrected chi connectivity index (χ4v) is 2.50. The minimum Gasteiger partial charge on any atom is -0.386 e. The molecule has 0 aliphatic carbocycles. The summed E-state index contributed by atoms with van der Waals surface area (Å²) in [6, 6.07) is 11.7. The summed E-state index contributed by atoms with van der Waals surface area (Å²) in [5, 5.41) is 4.14. The molecule has 0 aliphatic rings. The highest BCUT2D eigenvalue weighted by molar-refractivity contribution is 7.98. The lowest BCUT2D eigenvalue weighted by Gasteiger charge is -2.03. The highest BCUT2D eigenvalue weighted by atomic mass is 32.2. The molecule has 21 heavy (non-hydrogen) atoms. The Balaban J connectivity index is 1.60. The van der Waals surface area contributed by atoms with Gasteiger partial charge in [0.1, 0.15) is 5.84 Å². The topological polar surface area (TPSA) is 76.2 Å². The maximum atomic E-state index is 5.86. The molecule has 2 heterocycles. The van der Waals surface area contributed by atoms with Crippen LogP contribution in [0, 0.1) is 0 Å². The molecule has 2 rings (SSSR count). The Labute approximate surface area is 129 Å². The van der Waals surface area contributed by atoms with Crippen molar-refractivity contribution in [2.24, 2.45) is 10.8 Å². The van der Waals surface area contributed by atoms with Crippen molar-refractivity contribution >= 4 is 17.6 Å². The summed E-state index contributed by atoms with van der Waals surface area (Å²) in [6.45, 7) is 0.586. The van der Waals surface area contributed by atoms with Gasteiger partial charge in [-0.05, 0) is 24.3 Å². The number of nitrogens with zero attached hydrogens (tertiary/aromatic N) is 3. The van der Waals surface area contributed by atoms with Gasteiger partial charge >= 0.3 is 0 Å². The lowest BCUT2D eigenvalue weighted by molar-refractivity contribution is 0.721. The number of amidine groups is 1. The van der Waals surface area contributed by atoms with E-state index in [2.05, 4.69) is 20.5 Å². The fraction of sp³-hybridized carbons (Fsp3) is 0.267. The van der Waals surface area contributed by atoms with E-state index in [9.17, 15) is 0 Å². The molecule has 6 heteroatoms. The van der Waals surface area contributed by atoms with Gasteiger partial charge in [0.15, 0.2) is 0 Å². The molecular weight excluding hydrogens is 282 g/mol. The highest BCUT2D eigenvalue weighted by Crippen LogP contribution is 2.10. The molecule has 110 valence electrons. The molecule has 2 aromatic rings. The molecule has 0 saturated heterocycles. The van der Waals surface area contributed by atoms with Crippen LogP contribution in [-0.2, 0) is 12.3 Å². The van der Waals surface area contributed by atoms with Crippen LogP contribution in [0.1, 0.15) is 17.8 Å². The first-order valence-electron chi connectivity index (χ1n) is 6.77. The first-order valence-corrected chi connectivity index (χ1v) is 7.92. The molecule has 5 nitrogen and oxygen atoms in total. The minimum absolute atomic E-state index is 0.586. The van der Waals surface area contributed by atoms with Crippen LogP contribution in [-0.4, -0.2) is 21.6 Å². The summed E-state index contributed by atoms with van der Waals surface area (Å²) in [4.78, 5) is 8.48. The van der Waals surface area contributed by atoms with Gasteiger partial charge in [0, 0.05) is 30.3 Å². The molecule has 0 bridgehead atoms. The molecule has 0 amide bonds. The molecule has 0 unspecified atom stereocenters. The number of rotatable bonds is 8. The van der Waals surface area contributed by atoms with Gasteiger partial charge in [0.25, 0.3) is 0 Å². The molecule has 0 fully saturated rings. The van der Waals surface area contributed by atoms with Gasteiger partial charge in [-0.25, -0.2) is 0 Å². The number of thioether (sulfide) groups is 1. The summed E-state index contributed by atoms with van der Waals surface area (Å²) >= 11 is 1.80. The minimum atomic E-state index is 0.586. The third-order valence-electron chi connectivity index (χ3n) is 2.69. The Morgan fingerprint density at radius 3 is 2.48 bits per heavy atom. The van der Waals surface area contributed by atoms with E-state index >= 15 is 0 Å². The lowest BCUT2D eigenvalue weighted by Crippen LogP contribution is -2.18. The quantitative estimate of drug-likeness (QED) is 0.338. The summed E-state index contributed by atoms with van der Waals surface area (Å²) in [5.41, 5.74) is 10.8. The predicted molar refractivity (Wildman–Crippen MR) is 87.7 cm³/mol. The van der Waals surface area contributed by atoms with E-state index < -0.39 is 0 Å². The van der Waals surface area contributed by atoms with E-state index in [0.717, 1.165) is 29.3 Å². The van der Waals surface area contributed by atoms with Gasteiger partial charge in [-0.2, -0.15) is 16.9 Å². The summed E-state index contributed by atoms with van der Waals surface area (Å²) < 4.78 is 0. The van der Waals surface area contributed by atoms with Gasteiger partial charge in [-0.3, -0.25) is 9.97 Å². The second-order valence-electron chi connectivity index (χ2n) is 4.38. The van der Waals surface area contributed by atoms with E-state index in [1.807, 2.05) is 42.6 Å². The van der Waals surface area contributed by atoms with Crippen LogP contribution in [0.25, 0.3) is 0 Å². The van der Waals surface area contributed by atoms with Crippen molar-refractivity contribution in [3.8, 4) is 0 Å². The van der Waals surface area contributed by atoms with E-state index in [1.54, 1.807) is 18.0 Å². The molecule has 3 N–H and O–H groups in total. The number of nitrogens with two attached hydrogens (primary N) is 1. The average molecular weight is 301 g/mol. The molecule has 2 aromatic heterocycles. The van der Waals surface area contributed by atoms with Crippen LogP contribution in [0.5, 0.6) is 0 Å². The maximum absolute atomic E-state index is 5.86. The van der Waals surface area contributed by atoms with Gasteiger partial charge in [-0.1, -0.05) is 12.1 Å². The first kappa shape index (κ1) is 15.3. The normalized spacial score (nSPS) is 11.3. The van der Waals surface area contributed by atoms with Crippen molar-refractivity contribution in [1.82, 2.24) is 15.4 Å². The zero-order chi connectivity index (χ0) is 14.8. The zero-order valence-corrected chi connectivity index (χ0v) is 12.6. The Kier molecular flexibility index (Phi) is 6.54. The summed E-state index contributed by atoms with van der Waals surface area (Å²) in [5.74, 6) is 2.44. The maximum Gasteiger partial charge on any atom is 0.120 e. The Morgan fingerprint density at radius 1 is 1.10 bits per heavy atom. The van der Waals surface area contributed by atoms with Crippen molar-refractivity contribution in [2.45, 2.75) is 18.7 Å². The van der Waals surface area contributed by atoms with Crippen molar-refractivity contribution in [3.05, 3.63) is 60.2 Å². The van der Waals surface area contributed by atoms with Crippen molar-refractivity contribution < 1.29 is 0 Å². The number of pyridine rings is 2. The number of hydrogen-bond acceptors (Lipinski definition) is 5. The first-order chi connectivity index (χ1) is 10.3. The van der Waals surface area contributed by atoms with E-state index in [0.29, 0.717) is 12.4 Å². The van der Waals surface area contributed by atoms with Gasteiger partial charge in [-0.15, -0.1) is 0 Å². The Morgan fingerprint density at radius 2 is 1.81 bits per heavy atom.